The SMILES string of the molecule is CCCCCCCCC=CCCCCCCCC(=O)OCCN(CCOC(=O)CCCCCCCC=CCCCCCCCC)C(=O)CCCCC(C)CCO. The number of aliphatic hydroxyl groups excluding tert-OH is 1. The smallest absolute Gasteiger partial charge is 0.305 e. The molecule has 0 spiro atoms. The predicted molar refractivity (Wildman–Crippen MR) is 237 cm³/mol. The van der Waals surface area contributed by atoms with Crippen LogP contribution in [0.15, 0.2) is 24.3 Å². The first-order valence-electron chi connectivity index (χ1n) is 23.9. The number of carbonyl (C=O) groups is 3. The van der Waals surface area contributed by atoms with Crippen LogP contribution in [-0.4, -0.2) is 60.8 Å². The Morgan fingerprint density at radius 3 is 1.23 bits per heavy atom. The lowest BCUT2D eigenvalue weighted by atomic mass is 10.0. The fraction of sp³-hybridized carbons (Fsp3) is 0.857. The Balaban J connectivity index is 4.22. The summed E-state index contributed by atoms with van der Waals surface area (Å²) in [5.41, 5.74) is 0. The summed E-state index contributed by atoms with van der Waals surface area (Å²) in [6, 6.07) is 0. The Kier molecular flexibility index (Phi) is 42.3. The van der Waals surface area contributed by atoms with Crippen LogP contribution in [-0.2, 0) is 23.9 Å². The number of esters is 2. The molecule has 0 rings (SSSR count). The number of aliphatic hydroxyl groups is 1. The van der Waals surface area contributed by atoms with E-state index in [1.165, 1.54) is 116 Å². The molecule has 56 heavy (non-hydrogen) atoms. The monoisotopic (exact) mass is 790 g/mol. The minimum absolute atomic E-state index is 0.00131. The molecule has 7 nitrogen and oxygen atoms in total. The lowest BCUT2D eigenvalue weighted by molar-refractivity contribution is -0.147. The first-order chi connectivity index (χ1) is 27.4. The van der Waals surface area contributed by atoms with Gasteiger partial charge in [-0.15, -0.1) is 0 Å². The highest BCUT2D eigenvalue weighted by atomic mass is 16.5. The Morgan fingerprint density at radius 2 is 0.839 bits per heavy atom. The maximum atomic E-state index is 13.1. The lowest BCUT2D eigenvalue weighted by Gasteiger charge is -2.23. The number of nitrogens with zero attached hydrogens (tertiary/aromatic N) is 1. The Hall–Kier alpha value is -2.15. The molecule has 0 aromatic rings. The molecule has 0 aliphatic heterocycles. The molecule has 0 aliphatic rings. The van der Waals surface area contributed by atoms with Crippen LogP contribution < -0.4 is 0 Å². The van der Waals surface area contributed by atoms with Crippen molar-refractivity contribution in [3.05, 3.63) is 24.3 Å². The molecule has 0 aliphatic carbocycles. The first-order valence-corrected chi connectivity index (χ1v) is 23.9. The van der Waals surface area contributed by atoms with Crippen molar-refractivity contribution in [2.75, 3.05) is 32.9 Å². The van der Waals surface area contributed by atoms with Gasteiger partial charge in [0, 0.05) is 25.9 Å². The van der Waals surface area contributed by atoms with E-state index in [1.807, 2.05) is 0 Å². The molecule has 0 aromatic heterocycles. The van der Waals surface area contributed by atoms with Gasteiger partial charge in [0.25, 0.3) is 0 Å². The summed E-state index contributed by atoms with van der Waals surface area (Å²) in [6.07, 6.45) is 45.7. The summed E-state index contributed by atoms with van der Waals surface area (Å²) < 4.78 is 11.0. The quantitative estimate of drug-likeness (QED) is 0.0376. The number of unbranched alkanes of at least 4 members (excludes halogenated alkanes) is 23. The number of amides is 1. The molecule has 0 bridgehead atoms. The number of ether oxygens (including phenoxy) is 2. The van der Waals surface area contributed by atoms with Crippen molar-refractivity contribution < 1.29 is 29.0 Å². The normalized spacial score (nSPS) is 12.1. The van der Waals surface area contributed by atoms with Crippen molar-refractivity contribution in [3.8, 4) is 0 Å². The summed E-state index contributed by atoms with van der Waals surface area (Å²) in [5.74, 6) is 0.0217. The average Bonchev–Trinajstić information content (AvgIpc) is 3.18. The second-order valence-corrected chi connectivity index (χ2v) is 16.4. The number of rotatable bonds is 43. The van der Waals surface area contributed by atoms with Crippen LogP contribution >= 0.6 is 0 Å². The summed E-state index contributed by atoms with van der Waals surface area (Å²) in [5, 5.41) is 9.16. The third-order valence-electron chi connectivity index (χ3n) is 10.8. The van der Waals surface area contributed by atoms with Crippen molar-refractivity contribution in [1.29, 1.82) is 0 Å². The molecule has 0 heterocycles. The Bertz CT molecular complexity index is 876. The van der Waals surface area contributed by atoms with Gasteiger partial charge < -0.3 is 19.5 Å². The Labute approximate surface area is 346 Å². The second kappa shape index (κ2) is 44.0. The van der Waals surface area contributed by atoms with E-state index in [1.54, 1.807) is 4.90 Å². The van der Waals surface area contributed by atoms with Gasteiger partial charge in [-0.05, 0) is 83.0 Å². The molecule has 1 amide bonds. The topological polar surface area (TPSA) is 93.1 Å². The zero-order chi connectivity index (χ0) is 41.0. The highest BCUT2D eigenvalue weighted by molar-refractivity contribution is 5.76. The highest BCUT2D eigenvalue weighted by Gasteiger charge is 2.16. The molecule has 7 heteroatoms. The molecule has 1 N–H and O–H groups in total. The fourth-order valence-corrected chi connectivity index (χ4v) is 7.02. The molecule has 0 aromatic carbocycles. The van der Waals surface area contributed by atoms with Gasteiger partial charge in [-0.3, -0.25) is 14.4 Å². The molecule has 0 saturated carbocycles. The van der Waals surface area contributed by atoms with Gasteiger partial charge in [0.2, 0.25) is 5.91 Å². The minimum atomic E-state index is -0.209. The predicted octanol–water partition coefficient (Wildman–Crippen LogP) is 13.6. The van der Waals surface area contributed by atoms with E-state index < -0.39 is 0 Å². The molecule has 0 saturated heterocycles. The van der Waals surface area contributed by atoms with Crippen LogP contribution in [0.2, 0.25) is 0 Å². The van der Waals surface area contributed by atoms with Crippen molar-refractivity contribution in [2.24, 2.45) is 5.92 Å². The van der Waals surface area contributed by atoms with Crippen LogP contribution in [0.1, 0.15) is 233 Å². The minimum Gasteiger partial charge on any atom is -0.464 e. The maximum Gasteiger partial charge on any atom is 0.305 e. The third-order valence-corrected chi connectivity index (χ3v) is 10.8. The number of hydrogen-bond donors (Lipinski definition) is 1. The van der Waals surface area contributed by atoms with E-state index in [4.69, 9.17) is 14.6 Å². The summed E-state index contributed by atoms with van der Waals surface area (Å²) in [6.45, 7) is 7.78. The van der Waals surface area contributed by atoms with Crippen molar-refractivity contribution >= 4 is 17.8 Å². The second-order valence-electron chi connectivity index (χ2n) is 16.4. The number of hydrogen-bond acceptors (Lipinski definition) is 6. The molecular formula is C49H91NO6. The molecule has 328 valence electrons. The number of allylic oxidation sites excluding steroid dienone is 4. The Morgan fingerprint density at radius 1 is 0.482 bits per heavy atom. The van der Waals surface area contributed by atoms with E-state index in [0.29, 0.717) is 38.3 Å². The van der Waals surface area contributed by atoms with Gasteiger partial charge in [-0.25, -0.2) is 0 Å². The highest BCUT2D eigenvalue weighted by Crippen LogP contribution is 2.15. The number of carbonyl (C=O) groups excluding carboxylic acids is 3. The molecule has 0 fully saturated rings. The van der Waals surface area contributed by atoms with E-state index in [0.717, 1.165) is 77.0 Å². The summed E-state index contributed by atoms with van der Waals surface area (Å²) in [4.78, 5) is 39.6. The largest absolute Gasteiger partial charge is 0.464 e. The lowest BCUT2D eigenvalue weighted by Crippen LogP contribution is -2.37. The first kappa shape index (κ1) is 53.9. The fourth-order valence-electron chi connectivity index (χ4n) is 7.02. The average molecular weight is 790 g/mol. The third kappa shape index (κ3) is 40.1. The summed E-state index contributed by atoms with van der Waals surface area (Å²) in [7, 11) is 0. The van der Waals surface area contributed by atoms with Gasteiger partial charge in [0.1, 0.15) is 13.2 Å². The van der Waals surface area contributed by atoms with Gasteiger partial charge in [-0.1, -0.05) is 161 Å². The van der Waals surface area contributed by atoms with Crippen LogP contribution in [0.3, 0.4) is 0 Å². The molecular weight excluding hydrogens is 699 g/mol. The molecule has 0 radical (unpaired) electrons. The zero-order valence-electron chi connectivity index (χ0n) is 37.2. The van der Waals surface area contributed by atoms with E-state index >= 15 is 0 Å². The zero-order valence-corrected chi connectivity index (χ0v) is 37.2. The van der Waals surface area contributed by atoms with Crippen LogP contribution in [0.5, 0.6) is 0 Å². The molecule has 1 unspecified atom stereocenters. The van der Waals surface area contributed by atoms with Crippen LogP contribution in [0, 0.1) is 5.92 Å². The van der Waals surface area contributed by atoms with E-state index in [9.17, 15) is 14.4 Å². The van der Waals surface area contributed by atoms with Crippen molar-refractivity contribution in [3.63, 3.8) is 0 Å². The van der Waals surface area contributed by atoms with Gasteiger partial charge in [-0.2, -0.15) is 0 Å². The maximum absolute atomic E-state index is 13.1. The van der Waals surface area contributed by atoms with E-state index in [2.05, 4.69) is 45.1 Å². The standard InChI is InChI=1S/C49H91NO6/c1-4-6-8-10-12-14-16-18-20-22-24-26-28-30-32-38-48(53)55-44-41-50(47(52)37-35-34-36-46(3)40-43-51)42-45-56-49(54)39-33-31-29-27-25-23-21-19-17-15-13-11-9-7-5-2/h18-21,46,51H,4-17,22-45H2,1-3H3. The summed E-state index contributed by atoms with van der Waals surface area (Å²) >= 11 is 0. The van der Waals surface area contributed by atoms with E-state index in [-0.39, 0.29) is 37.7 Å². The molecule has 1 atom stereocenters. The van der Waals surface area contributed by atoms with Crippen LogP contribution in [0.25, 0.3) is 0 Å². The van der Waals surface area contributed by atoms with Crippen LogP contribution in [0.4, 0.5) is 0 Å². The van der Waals surface area contributed by atoms with Gasteiger partial charge >= 0.3 is 11.9 Å². The van der Waals surface area contributed by atoms with Crippen molar-refractivity contribution in [2.45, 2.75) is 233 Å². The van der Waals surface area contributed by atoms with Gasteiger partial charge in [0.15, 0.2) is 0 Å². The van der Waals surface area contributed by atoms with Gasteiger partial charge in [0.05, 0.1) is 13.1 Å². The van der Waals surface area contributed by atoms with Crippen molar-refractivity contribution in [1.82, 2.24) is 4.90 Å².